The van der Waals surface area contributed by atoms with E-state index >= 15 is 0 Å². The van der Waals surface area contributed by atoms with Crippen molar-refractivity contribution >= 4 is 5.97 Å². The number of esters is 1. The first-order valence-corrected chi connectivity index (χ1v) is 10.9. The predicted octanol–water partition coefficient (Wildman–Crippen LogP) is 5.62. The number of rotatable bonds is 8. The molecule has 1 heterocycles. The van der Waals surface area contributed by atoms with Crippen LogP contribution in [0.5, 0.6) is 11.5 Å². The number of ether oxygens (including phenoxy) is 2. The molecule has 4 heteroatoms. The molecule has 29 heavy (non-hydrogen) atoms. The van der Waals surface area contributed by atoms with E-state index in [9.17, 15) is 4.79 Å². The van der Waals surface area contributed by atoms with Crippen molar-refractivity contribution in [2.24, 2.45) is 5.92 Å². The van der Waals surface area contributed by atoms with Crippen molar-refractivity contribution in [1.82, 2.24) is 4.90 Å². The van der Waals surface area contributed by atoms with Gasteiger partial charge in [-0.3, -0.25) is 4.79 Å². The van der Waals surface area contributed by atoms with Crippen LogP contribution in [0.3, 0.4) is 0 Å². The van der Waals surface area contributed by atoms with Gasteiger partial charge in [0.1, 0.15) is 17.3 Å². The van der Waals surface area contributed by atoms with Crippen molar-refractivity contribution < 1.29 is 14.3 Å². The third-order valence-corrected chi connectivity index (χ3v) is 5.96. The molecule has 158 valence electrons. The van der Waals surface area contributed by atoms with Crippen molar-refractivity contribution in [3.05, 3.63) is 47.2 Å². The largest absolute Gasteiger partial charge is 0.462 e. The van der Waals surface area contributed by atoms with Gasteiger partial charge >= 0.3 is 5.97 Å². The van der Waals surface area contributed by atoms with Gasteiger partial charge in [-0.25, -0.2) is 0 Å². The summed E-state index contributed by atoms with van der Waals surface area (Å²) in [6.07, 6.45) is 9.22. The fraction of sp³-hybridized carbons (Fsp3) is 0.560. The highest BCUT2D eigenvalue weighted by atomic mass is 16.5. The molecule has 1 aromatic carbocycles. The summed E-state index contributed by atoms with van der Waals surface area (Å²) in [5.41, 5.74) is 3.55. The molecule has 0 spiro atoms. The number of hydrogen-bond donors (Lipinski definition) is 0. The second-order valence-corrected chi connectivity index (χ2v) is 8.74. The smallest absolute Gasteiger partial charge is 0.312 e. The molecule has 3 rings (SSSR count). The Morgan fingerprint density at radius 2 is 2.10 bits per heavy atom. The molecular formula is C25H35NO3. The van der Waals surface area contributed by atoms with Gasteiger partial charge < -0.3 is 14.4 Å². The van der Waals surface area contributed by atoms with E-state index < -0.39 is 0 Å². The molecule has 0 aromatic heterocycles. The summed E-state index contributed by atoms with van der Waals surface area (Å²) >= 11 is 0. The van der Waals surface area contributed by atoms with Crippen molar-refractivity contribution in [2.75, 3.05) is 20.6 Å². The van der Waals surface area contributed by atoms with Crippen molar-refractivity contribution in [2.45, 2.75) is 64.7 Å². The highest BCUT2D eigenvalue weighted by molar-refractivity contribution is 5.74. The van der Waals surface area contributed by atoms with Gasteiger partial charge in [-0.15, -0.1) is 0 Å². The molecule has 0 saturated heterocycles. The van der Waals surface area contributed by atoms with E-state index in [1.54, 1.807) is 0 Å². The topological polar surface area (TPSA) is 38.8 Å². The molecular weight excluding hydrogens is 362 g/mol. The maximum atomic E-state index is 12.5. The van der Waals surface area contributed by atoms with Gasteiger partial charge in [-0.2, -0.15) is 0 Å². The van der Waals surface area contributed by atoms with Crippen LogP contribution in [-0.2, 0) is 11.2 Å². The Kier molecular flexibility index (Phi) is 7.18. The number of benzene rings is 1. The van der Waals surface area contributed by atoms with E-state index in [0.717, 1.165) is 48.3 Å². The second-order valence-electron chi connectivity index (χ2n) is 8.74. The highest BCUT2D eigenvalue weighted by Crippen LogP contribution is 2.51. The van der Waals surface area contributed by atoms with E-state index in [1.165, 1.54) is 18.4 Å². The Balaban J connectivity index is 1.96. The van der Waals surface area contributed by atoms with Crippen LogP contribution in [0.15, 0.2) is 36.1 Å². The normalized spacial score (nSPS) is 20.6. The van der Waals surface area contributed by atoms with Gasteiger partial charge in [0.15, 0.2) is 0 Å². The predicted molar refractivity (Wildman–Crippen MR) is 117 cm³/mol. The zero-order valence-corrected chi connectivity index (χ0v) is 18.4. The Bertz CT molecular complexity index is 794. The molecule has 0 amide bonds. The molecule has 0 bridgehead atoms. The summed E-state index contributed by atoms with van der Waals surface area (Å²) in [7, 11) is 3.92. The molecule has 2 atom stereocenters. The molecule has 0 N–H and O–H groups in total. The van der Waals surface area contributed by atoms with Crippen molar-refractivity contribution in [3.63, 3.8) is 0 Å². The van der Waals surface area contributed by atoms with Gasteiger partial charge in [-0.05, 0) is 64.4 Å². The number of fused-ring (bicyclic) bond motifs is 3. The molecule has 0 fully saturated rings. The Labute approximate surface area is 175 Å². The maximum Gasteiger partial charge on any atom is 0.312 e. The number of aryl methyl sites for hydroxylation is 1. The molecule has 0 radical (unpaired) electrons. The lowest BCUT2D eigenvalue weighted by atomic mass is 9.74. The molecule has 1 aliphatic heterocycles. The van der Waals surface area contributed by atoms with E-state index in [1.807, 2.05) is 19.0 Å². The average Bonchev–Trinajstić information content (AvgIpc) is 2.66. The Hall–Kier alpha value is -2.07. The summed E-state index contributed by atoms with van der Waals surface area (Å²) in [6.45, 7) is 9.26. The number of allylic oxidation sites excluding steroid dienone is 3. The summed E-state index contributed by atoms with van der Waals surface area (Å²) in [5, 5.41) is 0. The van der Waals surface area contributed by atoms with E-state index in [4.69, 9.17) is 9.47 Å². The molecule has 2 aliphatic rings. The second kappa shape index (κ2) is 9.62. The van der Waals surface area contributed by atoms with Gasteiger partial charge in [0.2, 0.25) is 0 Å². The van der Waals surface area contributed by atoms with Crippen LogP contribution in [0.4, 0.5) is 0 Å². The lowest BCUT2D eigenvalue weighted by Crippen LogP contribution is -2.27. The number of carbonyl (C=O) groups is 1. The fourth-order valence-corrected chi connectivity index (χ4v) is 4.30. The number of unbranched alkanes of at least 4 members (excludes halogenated alkanes) is 2. The molecule has 0 unspecified atom stereocenters. The summed E-state index contributed by atoms with van der Waals surface area (Å²) in [6, 6.07) is 4.19. The van der Waals surface area contributed by atoms with Crippen LogP contribution in [0.25, 0.3) is 0 Å². The van der Waals surface area contributed by atoms with Gasteiger partial charge in [0.25, 0.3) is 0 Å². The number of nitrogens with zero attached hydrogens (tertiary/aromatic N) is 1. The van der Waals surface area contributed by atoms with Crippen molar-refractivity contribution in [3.8, 4) is 11.5 Å². The van der Waals surface area contributed by atoms with Crippen LogP contribution < -0.4 is 9.47 Å². The SMILES string of the molecule is C=C1Oc2cc(CCCCC)cc(OC(=O)CCN(C)C)c2[C@@H]2C=C(C)CC[C@@H]12. The lowest BCUT2D eigenvalue weighted by molar-refractivity contribution is -0.134. The number of hydrogen-bond acceptors (Lipinski definition) is 4. The fourth-order valence-electron chi connectivity index (χ4n) is 4.30. The standard InChI is InChI=1S/C25H35NO3/c1-6-7-8-9-19-15-22-25(23(16-19)29-24(27)12-13-26(4)5)21-14-17(2)10-11-20(21)18(3)28-22/h14-16,20-21H,3,6-13H2,1-2,4-5H3/t20-,21+/m0/s1. The minimum atomic E-state index is -0.191. The molecule has 0 saturated carbocycles. The minimum Gasteiger partial charge on any atom is -0.462 e. The summed E-state index contributed by atoms with van der Waals surface area (Å²) in [5.74, 6) is 2.54. The maximum absolute atomic E-state index is 12.5. The van der Waals surface area contributed by atoms with E-state index in [2.05, 4.69) is 38.6 Å². The first-order valence-electron chi connectivity index (χ1n) is 10.9. The number of carbonyl (C=O) groups excluding carboxylic acids is 1. The zero-order valence-electron chi connectivity index (χ0n) is 18.4. The minimum absolute atomic E-state index is 0.168. The molecule has 1 aliphatic carbocycles. The Morgan fingerprint density at radius 1 is 1.31 bits per heavy atom. The van der Waals surface area contributed by atoms with Crippen LogP contribution in [0.1, 0.15) is 69.4 Å². The van der Waals surface area contributed by atoms with E-state index in [-0.39, 0.29) is 17.8 Å². The van der Waals surface area contributed by atoms with Gasteiger partial charge in [-0.1, -0.05) is 38.0 Å². The van der Waals surface area contributed by atoms with Crippen LogP contribution in [-0.4, -0.2) is 31.5 Å². The van der Waals surface area contributed by atoms with Crippen LogP contribution in [0, 0.1) is 5.92 Å². The third-order valence-electron chi connectivity index (χ3n) is 5.96. The van der Waals surface area contributed by atoms with Gasteiger partial charge in [0.05, 0.1) is 6.42 Å². The first-order chi connectivity index (χ1) is 13.9. The Morgan fingerprint density at radius 3 is 2.83 bits per heavy atom. The lowest BCUT2D eigenvalue weighted by Gasteiger charge is -2.37. The molecule has 1 aromatic rings. The summed E-state index contributed by atoms with van der Waals surface area (Å²) < 4.78 is 12.1. The highest BCUT2D eigenvalue weighted by Gasteiger charge is 2.37. The quantitative estimate of drug-likeness (QED) is 0.247. The van der Waals surface area contributed by atoms with Gasteiger partial charge in [0, 0.05) is 23.9 Å². The summed E-state index contributed by atoms with van der Waals surface area (Å²) in [4.78, 5) is 14.5. The van der Waals surface area contributed by atoms with Crippen molar-refractivity contribution in [1.29, 1.82) is 0 Å². The monoisotopic (exact) mass is 397 g/mol. The van der Waals surface area contributed by atoms with E-state index in [0.29, 0.717) is 18.7 Å². The molecule has 4 nitrogen and oxygen atoms in total. The van der Waals surface area contributed by atoms with Crippen LogP contribution >= 0.6 is 0 Å². The van der Waals surface area contributed by atoms with Crippen LogP contribution in [0.2, 0.25) is 0 Å². The zero-order chi connectivity index (χ0) is 21.0. The first kappa shape index (κ1) is 21.6. The average molecular weight is 398 g/mol. The third kappa shape index (κ3) is 5.30.